The van der Waals surface area contributed by atoms with E-state index in [2.05, 4.69) is 10.3 Å². The van der Waals surface area contributed by atoms with E-state index in [-0.39, 0.29) is 6.54 Å². The first-order chi connectivity index (χ1) is 8.37. The highest BCUT2D eigenvalue weighted by atomic mass is 19.4. The number of hydrogen-bond donors (Lipinski definition) is 1. The van der Waals surface area contributed by atoms with E-state index in [9.17, 15) is 13.2 Å². The molecule has 0 bridgehead atoms. The molecule has 18 heavy (non-hydrogen) atoms. The average Bonchev–Trinajstić information content (AvgIpc) is 2.28. The van der Waals surface area contributed by atoms with Crippen molar-refractivity contribution >= 4 is 5.82 Å². The Morgan fingerprint density at radius 3 is 2.44 bits per heavy atom. The van der Waals surface area contributed by atoms with Gasteiger partial charge in [-0.05, 0) is 32.5 Å². The van der Waals surface area contributed by atoms with Crippen molar-refractivity contribution in [3.63, 3.8) is 0 Å². The number of rotatable bonds is 5. The van der Waals surface area contributed by atoms with E-state index in [4.69, 9.17) is 0 Å². The lowest BCUT2D eigenvalue weighted by molar-refractivity contribution is -0.119. The Bertz CT molecular complexity index is 391. The van der Waals surface area contributed by atoms with Crippen molar-refractivity contribution in [2.24, 2.45) is 0 Å². The van der Waals surface area contributed by atoms with Crippen molar-refractivity contribution < 1.29 is 13.2 Å². The maximum Gasteiger partial charge on any atom is 0.405 e. The van der Waals surface area contributed by atoms with Gasteiger partial charge in [0.15, 0.2) is 0 Å². The highest BCUT2D eigenvalue weighted by Gasteiger charge is 2.30. The van der Waals surface area contributed by atoms with Gasteiger partial charge in [0.2, 0.25) is 0 Å². The second-order valence-electron chi connectivity index (χ2n) is 4.07. The summed E-state index contributed by atoms with van der Waals surface area (Å²) < 4.78 is 37.2. The monoisotopic (exact) mass is 261 g/mol. The molecule has 0 aromatic carbocycles. The summed E-state index contributed by atoms with van der Waals surface area (Å²) in [6, 6.07) is 3.45. The molecule has 0 unspecified atom stereocenters. The van der Waals surface area contributed by atoms with Crippen molar-refractivity contribution in [3.05, 3.63) is 23.4 Å². The van der Waals surface area contributed by atoms with E-state index in [0.29, 0.717) is 12.4 Å². The molecule has 0 fully saturated rings. The number of aromatic nitrogens is 1. The summed E-state index contributed by atoms with van der Waals surface area (Å²) in [5.74, 6) is 0.368. The third kappa shape index (κ3) is 4.18. The zero-order chi connectivity index (χ0) is 13.8. The molecule has 0 aliphatic heterocycles. The number of anilines is 1. The van der Waals surface area contributed by atoms with Gasteiger partial charge in [0.1, 0.15) is 12.4 Å². The maximum atomic E-state index is 12.4. The minimum atomic E-state index is -4.21. The van der Waals surface area contributed by atoms with E-state index in [1.165, 1.54) is 4.90 Å². The molecule has 0 radical (unpaired) electrons. The van der Waals surface area contributed by atoms with Gasteiger partial charge in [-0.1, -0.05) is 6.07 Å². The van der Waals surface area contributed by atoms with Crippen LogP contribution in [0.4, 0.5) is 19.0 Å². The van der Waals surface area contributed by atoms with Crippen molar-refractivity contribution in [2.75, 3.05) is 25.0 Å². The third-order valence-electron chi connectivity index (χ3n) is 2.62. The summed E-state index contributed by atoms with van der Waals surface area (Å²) in [5.41, 5.74) is 1.74. The fraction of sp³-hybridized carbons (Fsp3) is 0.583. The van der Waals surface area contributed by atoms with E-state index in [1.54, 1.807) is 19.9 Å². The average molecular weight is 261 g/mol. The Kier molecular flexibility index (Phi) is 4.95. The Labute approximate surface area is 105 Å². The lowest BCUT2D eigenvalue weighted by Gasteiger charge is -2.24. The fourth-order valence-corrected chi connectivity index (χ4v) is 1.70. The standard InChI is InChI=1S/C12H18F3N3/c1-4-18(8-12(13,14)15)11-6-5-10(7-16-3)9(2)17-11/h5-6,16H,4,7-8H2,1-3H3. The SMILES string of the molecule is CCN(CC(F)(F)F)c1ccc(CNC)c(C)n1. The normalized spacial score (nSPS) is 11.7. The van der Waals surface area contributed by atoms with E-state index in [0.717, 1.165) is 11.3 Å². The zero-order valence-electron chi connectivity index (χ0n) is 10.8. The number of pyridine rings is 1. The first-order valence-corrected chi connectivity index (χ1v) is 5.80. The first-order valence-electron chi connectivity index (χ1n) is 5.80. The van der Waals surface area contributed by atoms with Crippen molar-refractivity contribution in [1.82, 2.24) is 10.3 Å². The number of nitrogens with one attached hydrogen (secondary N) is 1. The molecular formula is C12H18F3N3. The largest absolute Gasteiger partial charge is 0.405 e. The molecule has 1 rings (SSSR count). The van der Waals surface area contributed by atoms with Gasteiger partial charge in [-0.3, -0.25) is 0 Å². The van der Waals surface area contributed by atoms with Gasteiger partial charge >= 0.3 is 6.18 Å². The Hall–Kier alpha value is -1.30. The summed E-state index contributed by atoms with van der Waals surface area (Å²) in [4.78, 5) is 5.45. The Balaban J connectivity index is 2.90. The van der Waals surface area contributed by atoms with Crippen molar-refractivity contribution in [3.8, 4) is 0 Å². The number of alkyl halides is 3. The van der Waals surface area contributed by atoms with Crippen molar-refractivity contribution in [2.45, 2.75) is 26.6 Å². The Morgan fingerprint density at radius 1 is 1.33 bits per heavy atom. The summed E-state index contributed by atoms with van der Waals surface area (Å²) >= 11 is 0. The predicted octanol–water partition coefficient (Wildman–Crippen LogP) is 2.50. The van der Waals surface area contributed by atoms with Crippen LogP contribution >= 0.6 is 0 Å². The number of hydrogen-bond acceptors (Lipinski definition) is 3. The van der Waals surface area contributed by atoms with Gasteiger partial charge in [-0.15, -0.1) is 0 Å². The smallest absolute Gasteiger partial charge is 0.348 e. The molecule has 3 nitrogen and oxygen atoms in total. The molecule has 1 N–H and O–H groups in total. The quantitative estimate of drug-likeness (QED) is 0.882. The van der Waals surface area contributed by atoms with Gasteiger partial charge < -0.3 is 10.2 Å². The Morgan fingerprint density at radius 2 is 2.00 bits per heavy atom. The van der Waals surface area contributed by atoms with Crippen LogP contribution in [0, 0.1) is 6.92 Å². The van der Waals surface area contributed by atoms with Crippen LogP contribution in [0.3, 0.4) is 0 Å². The molecule has 0 aliphatic carbocycles. The molecule has 0 spiro atoms. The van der Waals surface area contributed by atoms with E-state index < -0.39 is 12.7 Å². The first kappa shape index (κ1) is 14.8. The predicted molar refractivity (Wildman–Crippen MR) is 65.7 cm³/mol. The summed E-state index contributed by atoms with van der Waals surface area (Å²) in [6.45, 7) is 3.45. The van der Waals surface area contributed by atoms with Gasteiger partial charge in [-0.25, -0.2) is 4.98 Å². The van der Waals surface area contributed by atoms with Gasteiger partial charge in [0, 0.05) is 18.8 Å². The molecule has 6 heteroatoms. The van der Waals surface area contributed by atoms with Crippen LogP contribution < -0.4 is 10.2 Å². The van der Waals surface area contributed by atoms with Gasteiger partial charge in [0.05, 0.1) is 0 Å². The lowest BCUT2D eigenvalue weighted by atomic mass is 10.2. The van der Waals surface area contributed by atoms with Crippen LogP contribution in [-0.4, -0.2) is 31.3 Å². The van der Waals surface area contributed by atoms with Crippen LogP contribution in [0.5, 0.6) is 0 Å². The summed E-state index contributed by atoms with van der Waals surface area (Å²) in [7, 11) is 1.81. The van der Waals surface area contributed by atoms with Crippen LogP contribution in [0.1, 0.15) is 18.2 Å². The topological polar surface area (TPSA) is 28.2 Å². The van der Waals surface area contributed by atoms with Crippen LogP contribution in [0.15, 0.2) is 12.1 Å². The number of halogens is 3. The fourth-order valence-electron chi connectivity index (χ4n) is 1.70. The third-order valence-corrected chi connectivity index (χ3v) is 2.62. The maximum absolute atomic E-state index is 12.4. The van der Waals surface area contributed by atoms with Crippen LogP contribution in [0.2, 0.25) is 0 Å². The van der Waals surface area contributed by atoms with Gasteiger partial charge in [-0.2, -0.15) is 13.2 Å². The van der Waals surface area contributed by atoms with Crippen LogP contribution in [0.25, 0.3) is 0 Å². The second kappa shape index (κ2) is 6.04. The number of nitrogens with zero attached hydrogens (tertiary/aromatic N) is 2. The molecule has 0 saturated heterocycles. The van der Waals surface area contributed by atoms with E-state index >= 15 is 0 Å². The molecule has 0 aliphatic rings. The summed E-state index contributed by atoms with van der Waals surface area (Å²) in [5, 5.41) is 2.99. The zero-order valence-corrected chi connectivity index (χ0v) is 10.8. The molecule has 1 aromatic heterocycles. The second-order valence-corrected chi connectivity index (χ2v) is 4.07. The highest BCUT2D eigenvalue weighted by Crippen LogP contribution is 2.21. The highest BCUT2D eigenvalue weighted by molar-refractivity contribution is 5.41. The van der Waals surface area contributed by atoms with Crippen LogP contribution in [-0.2, 0) is 6.54 Å². The minimum absolute atomic E-state index is 0.275. The molecule has 102 valence electrons. The molecule has 0 atom stereocenters. The molecule has 0 amide bonds. The van der Waals surface area contributed by atoms with E-state index in [1.807, 2.05) is 13.1 Å². The van der Waals surface area contributed by atoms with Crippen molar-refractivity contribution in [1.29, 1.82) is 0 Å². The minimum Gasteiger partial charge on any atom is -0.348 e. The summed E-state index contributed by atoms with van der Waals surface area (Å²) in [6.07, 6.45) is -4.21. The molecule has 1 aromatic rings. The lowest BCUT2D eigenvalue weighted by Crippen LogP contribution is -2.34. The molecule has 1 heterocycles. The number of aryl methyl sites for hydroxylation is 1. The molecule has 0 saturated carbocycles. The van der Waals surface area contributed by atoms with Gasteiger partial charge in [0.25, 0.3) is 0 Å². The molecular weight excluding hydrogens is 243 g/mol.